The molecule has 1 aliphatic rings. The highest BCUT2D eigenvalue weighted by Crippen LogP contribution is 2.10. The second kappa shape index (κ2) is 3.14. The van der Waals surface area contributed by atoms with Crippen molar-refractivity contribution in [1.29, 1.82) is 0 Å². The van der Waals surface area contributed by atoms with Gasteiger partial charge in [0.2, 0.25) is 0 Å². The molecule has 1 heterocycles. The van der Waals surface area contributed by atoms with Gasteiger partial charge >= 0.3 is 0 Å². The van der Waals surface area contributed by atoms with Crippen LogP contribution in [0.15, 0.2) is 0 Å². The molecule has 0 atom stereocenters. The van der Waals surface area contributed by atoms with Crippen LogP contribution in [0.3, 0.4) is 0 Å². The number of hydrogen-bond acceptors (Lipinski definition) is 1. The molecule has 0 radical (unpaired) electrons. The van der Waals surface area contributed by atoms with Gasteiger partial charge in [-0.1, -0.05) is 0 Å². The third-order valence-electron chi connectivity index (χ3n) is 0.898. The quantitative estimate of drug-likeness (QED) is 0.446. The van der Waals surface area contributed by atoms with Gasteiger partial charge in [-0.2, -0.15) is 0 Å². The van der Waals surface area contributed by atoms with Gasteiger partial charge in [0.1, 0.15) is 11.5 Å². The van der Waals surface area contributed by atoms with Crippen LogP contribution in [-0.2, 0) is 12.8 Å². The van der Waals surface area contributed by atoms with Gasteiger partial charge < -0.3 is 4.74 Å². The zero-order valence-corrected chi connectivity index (χ0v) is 7.00. The third kappa shape index (κ3) is 2.19. The molecule has 1 aliphatic heterocycles. The fourth-order valence-corrected chi connectivity index (χ4v) is 2.38. The number of halogens is 1. The predicted molar refractivity (Wildman–Crippen MR) is 41.9 cm³/mol. The summed E-state index contributed by atoms with van der Waals surface area (Å²) in [4.78, 5) is 0. The van der Waals surface area contributed by atoms with Crippen molar-refractivity contribution in [1.82, 2.24) is 0 Å². The lowest BCUT2D eigenvalue weighted by Crippen LogP contribution is -2.20. The Kier molecular flexibility index (Phi) is 2.77. The molecule has 0 aromatic rings. The Bertz CT molecular complexity index is 53.7. The van der Waals surface area contributed by atoms with E-state index in [4.69, 9.17) is 4.74 Å². The fourth-order valence-electron chi connectivity index (χ4n) is 0.503. The summed E-state index contributed by atoms with van der Waals surface area (Å²) in [5.74, 6) is 2.56. The van der Waals surface area contributed by atoms with E-state index in [2.05, 4.69) is 21.2 Å². The first-order valence-corrected chi connectivity index (χ1v) is 6.41. The molecule has 7 heavy (non-hydrogen) atoms. The van der Waals surface area contributed by atoms with Crippen molar-refractivity contribution in [2.45, 2.75) is 0 Å². The summed E-state index contributed by atoms with van der Waals surface area (Å²) in [6.45, 7) is 1.98. The Morgan fingerprint density at radius 1 is 1.29 bits per heavy atom. The number of hydrogen-bond donors (Lipinski definition) is 0. The summed E-state index contributed by atoms with van der Waals surface area (Å²) in [5, 5.41) is 0. The average Bonchev–Trinajstić information content (AvgIpc) is 1.69. The van der Waals surface area contributed by atoms with E-state index in [1.165, 1.54) is 11.5 Å². The van der Waals surface area contributed by atoms with Crippen LogP contribution in [0.25, 0.3) is 0 Å². The lowest BCUT2D eigenvalue weighted by Gasteiger charge is -2.06. The standard InChI is InChI=1S/C4H8IOS/c5-7-3-1-6-2-4-7/h1-4H2/q+1. The van der Waals surface area contributed by atoms with Crippen LogP contribution >= 0.6 is 21.2 Å². The highest BCUT2D eigenvalue weighted by Gasteiger charge is 2.17. The second-order valence-electron chi connectivity index (χ2n) is 1.44. The molecular formula is C4H8IOS+. The third-order valence-corrected chi connectivity index (χ3v) is 4.76. The molecule has 0 bridgehead atoms. The van der Waals surface area contributed by atoms with Crippen molar-refractivity contribution in [2.24, 2.45) is 0 Å². The molecule has 42 valence electrons. The first-order chi connectivity index (χ1) is 3.39. The number of ether oxygens (including phenoxy) is 1. The SMILES string of the molecule is I[S+]1CCOCC1. The van der Waals surface area contributed by atoms with Gasteiger partial charge in [0.15, 0.2) is 0 Å². The summed E-state index contributed by atoms with van der Waals surface area (Å²) >= 11 is 2.50. The van der Waals surface area contributed by atoms with Crippen molar-refractivity contribution in [3.63, 3.8) is 0 Å². The Balaban J connectivity index is 2.12. The molecule has 0 spiro atoms. The smallest absolute Gasteiger partial charge is 0.250 e. The molecule has 3 heteroatoms. The van der Waals surface area contributed by atoms with Gasteiger partial charge in [-0.3, -0.25) is 0 Å². The molecule has 0 aromatic heterocycles. The molecule has 0 N–H and O–H groups in total. The number of rotatable bonds is 0. The molecule has 1 saturated heterocycles. The van der Waals surface area contributed by atoms with Gasteiger partial charge in [-0.25, -0.2) is 0 Å². The maximum absolute atomic E-state index is 5.14. The maximum atomic E-state index is 5.14. The van der Waals surface area contributed by atoms with Crippen molar-refractivity contribution in [3.05, 3.63) is 0 Å². The van der Waals surface area contributed by atoms with E-state index >= 15 is 0 Å². The summed E-state index contributed by atoms with van der Waals surface area (Å²) < 4.78 is 5.14. The molecule has 0 unspecified atom stereocenters. The molecule has 0 aromatic carbocycles. The Hall–Kier alpha value is 1.04. The highest BCUT2D eigenvalue weighted by molar-refractivity contribution is 14.2. The molecule has 0 saturated carbocycles. The van der Waals surface area contributed by atoms with E-state index in [0.717, 1.165) is 13.2 Å². The van der Waals surface area contributed by atoms with Gasteiger partial charge in [-0.15, -0.1) is 0 Å². The Morgan fingerprint density at radius 3 is 2.14 bits per heavy atom. The van der Waals surface area contributed by atoms with Crippen molar-refractivity contribution < 1.29 is 4.74 Å². The van der Waals surface area contributed by atoms with E-state index in [-0.39, 0.29) is 0 Å². The minimum absolute atomic E-state index is 0.655. The van der Waals surface area contributed by atoms with E-state index in [0.29, 0.717) is 8.07 Å². The monoisotopic (exact) mass is 231 g/mol. The fraction of sp³-hybridized carbons (Fsp3) is 1.00. The van der Waals surface area contributed by atoms with Crippen LogP contribution in [-0.4, -0.2) is 24.7 Å². The van der Waals surface area contributed by atoms with Gasteiger partial charge in [0.25, 0.3) is 21.2 Å². The summed E-state index contributed by atoms with van der Waals surface area (Å²) in [6.07, 6.45) is 0. The second-order valence-corrected chi connectivity index (χ2v) is 6.84. The van der Waals surface area contributed by atoms with Gasteiger partial charge in [0.05, 0.1) is 21.3 Å². The van der Waals surface area contributed by atoms with E-state index in [1.54, 1.807) is 0 Å². The van der Waals surface area contributed by atoms with Crippen LogP contribution < -0.4 is 0 Å². The molecule has 0 aliphatic carbocycles. The van der Waals surface area contributed by atoms with Gasteiger partial charge in [0, 0.05) is 0 Å². The van der Waals surface area contributed by atoms with Crippen LogP contribution in [0.5, 0.6) is 0 Å². The van der Waals surface area contributed by atoms with Crippen molar-refractivity contribution >= 4 is 29.3 Å². The molecule has 0 amide bonds. The summed E-state index contributed by atoms with van der Waals surface area (Å²) in [7, 11) is 0.655. The Morgan fingerprint density at radius 2 is 1.86 bits per heavy atom. The van der Waals surface area contributed by atoms with Crippen LogP contribution in [0.1, 0.15) is 0 Å². The topological polar surface area (TPSA) is 9.23 Å². The van der Waals surface area contributed by atoms with Crippen LogP contribution in [0.2, 0.25) is 0 Å². The largest absolute Gasteiger partial charge is 0.372 e. The van der Waals surface area contributed by atoms with Crippen LogP contribution in [0.4, 0.5) is 0 Å². The first kappa shape index (κ1) is 6.16. The van der Waals surface area contributed by atoms with Crippen molar-refractivity contribution in [3.8, 4) is 0 Å². The Labute approximate surface area is 58.7 Å². The minimum Gasteiger partial charge on any atom is -0.372 e. The highest BCUT2D eigenvalue weighted by atomic mass is 127. The molecular weight excluding hydrogens is 223 g/mol. The summed E-state index contributed by atoms with van der Waals surface area (Å²) in [5.41, 5.74) is 0. The zero-order valence-electron chi connectivity index (χ0n) is 4.02. The normalized spacial score (nSPS) is 25.3. The lowest BCUT2D eigenvalue weighted by atomic mass is 10.8. The predicted octanol–water partition coefficient (Wildman–Crippen LogP) is 0.985. The summed E-state index contributed by atoms with van der Waals surface area (Å²) in [6, 6.07) is 0. The average molecular weight is 231 g/mol. The van der Waals surface area contributed by atoms with E-state index < -0.39 is 0 Å². The first-order valence-electron chi connectivity index (χ1n) is 2.31. The van der Waals surface area contributed by atoms with E-state index in [9.17, 15) is 0 Å². The van der Waals surface area contributed by atoms with E-state index in [1.807, 2.05) is 0 Å². The minimum atomic E-state index is 0.655. The maximum Gasteiger partial charge on any atom is 0.250 e. The lowest BCUT2D eigenvalue weighted by molar-refractivity contribution is 0.160. The molecule has 1 rings (SSSR count). The van der Waals surface area contributed by atoms with Gasteiger partial charge in [-0.05, 0) is 0 Å². The van der Waals surface area contributed by atoms with Crippen molar-refractivity contribution in [2.75, 3.05) is 24.7 Å². The molecule has 1 fully saturated rings. The zero-order chi connectivity index (χ0) is 5.11. The van der Waals surface area contributed by atoms with Crippen LogP contribution in [0, 0.1) is 0 Å². The molecule has 1 nitrogen and oxygen atoms in total.